The zero-order chi connectivity index (χ0) is 19.3. The van der Waals surface area contributed by atoms with Gasteiger partial charge in [-0.25, -0.2) is 8.60 Å². The average Bonchev–Trinajstić information content (AvgIpc) is 2.36. The maximum Gasteiger partial charge on any atom is 0.475 e. The molecule has 0 saturated heterocycles. The molecule has 138 valence electrons. The summed E-state index contributed by atoms with van der Waals surface area (Å²) in [5, 5.41) is 0. The van der Waals surface area contributed by atoms with Crippen molar-refractivity contribution in [2.45, 2.75) is 27.1 Å². The molecule has 0 saturated carbocycles. The number of alkyl halides is 10. The summed E-state index contributed by atoms with van der Waals surface area (Å²) in [6, 6.07) is -0.124. The molecule has 0 aliphatic rings. The topological polar surface area (TPSA) is 43.1 Å². The molecule has 1 aromatic carbocycles. The lowest BCUT2D eigenvalue weighted by Crippen LogP contribution is -2.49. The molecule has 0 heterocycles. The van der Waals surface area contributed by atoms with Gasteiger partial charge in [0.15, 0.2) is 10.8 Å². The van der Waals surface area contributed by atoms with Crippen molar-refractivity contribution in [2.24, 2.45) is 0 Å². The Labute approximate surface area is 147 Å². The van der Waals surface area contributed by atoms with E-state index in [0.29, 0.717) is 0 Å². The molecular formula is C10H4Br2F9NOS. The van der Waals surface area contributed by atoms with Crippen LogP contribution in [-0.2, 0) is 16.5 Å². The molecule has 0 fully saturated rings. The molecule has 1 aromatic rings. The summed E-state index contributed by atoms with van der Waals surface area (Å²) in [7, 11) is -3.97. The van der Waals surface area contributed by atoms with Crippen molar-refractivity contribution in [3.8, 4) is 0 Å². The van der Waals surface area contributed by atoms with Gasteiger partial charge in [-0.15, -0.1) is 0 Å². The minimum Gasteiger partial charge on any atom is -0.397 e. The molecule has 2 N–H and O–H groups in total. The van der Waals surface area contributed by atoms with E-state index in [1.54, 1.807) is 0 Å². The van der Waals surface area contributed by atoms with Gasteiger partial charge in [0.05, 0.1) is 10.6 Å². The van der Waals surface area contributed by atoms with Crippen molar-refractivity contribution >= 4 is 48.3 Å². The van der Waals surface area contributed by atoms with Gasteiger partial charge in [0.25, 0.3) is 0 Å². The minimum absolute atomic E-state index is 0.134. The van der Waals surface area contributed by atoms with E-state index >= 15 is 0 Å². The zero-order valence-electron chi connectivity index (χ0n) is 10.7. The lowest BCUT2D eigenvalue weighted by atomic mass is 9.95. The number of anilines is 1. The first-order chi connectivity index (χ1) is 10.4. The molecule has 0 bridgehead atoms. The van der Waals surface area contributed by atoms with Crippen LogP contribution in [0.5, 0.6) is 0 Å². The van der Waals surface area contributed by atoms with Crippen LogP contribution in [0.3, 0.4) is 0 Å². The first kappa shape index (κ1) is 21.5. The number of nitrogen functional groups attached to an aromatic ring is 1. The fraction of sp³-hybridized carbons (Fsp3) is 0.400. The van der Waals surface area contributed by atoms with Gasteiger partial charge in [-0.05, 0) is 44.0 Å². The van der Waals surface area contributed by atoms with Crippen molar-refractivity contribution in [3.63, 3.8) is 0 Å². The second kappa shape index (κ2) is 6.34. The molecule has 0 amide bonds. The smallest absolute Gasteiger partial charge is 0.397 e. The summed E-state index contributed by atoms with van der Waals surface area (Å²) in [5.41, 5.74) is -8.54. The van der Waals surface area contributed by atoms with E-state index in [-0.39, 0.29) is 12.1 Å². The summed E-state index contributed by atoms with van der Waals surface area (Å²) >= 11 is 3.68. The maximum absolute atomic E-state index is 14.2. The lowest BCUT2D eigenvalue weighted by Gasteiger charge is -2.32. The van der Waals surface area contributed by atoms with Crippen LogP contribution < -0.4 is 5.73 Å². The van der Waals surface area contributed by atoms with Crippen LogP contribution >= 0.6 is 31.9 Å². The molecule has 0 spiro atoms. The van der Waals surface area contributed by atoms with E-state index in [1.807, 2.05) is 0 Å². The Morgan fingerprint density at radius 2 is 1.42 bits per heavy atom. The fourth-order valence-corrected chi connectivity index (χ4v) is 3.40. The number of halogens is 11. The van der Waals surface area contributed by atoms with Crippen LogP contribution in [0.2, 0.25) is 0 Å². The number of hydrogen-bond acceptors (Lipinski definition) is 2. The highest BCUT2D eigenvalue weighted by molar-refractivity contribution is 9.10. The van der Waals surface area contributed by atoms with Crippen molar-refractivity contribution in [1.82, 2.24) is 0 Å². The van der Waals surface area contributed by atoms with Gasteiger partial charge in [0, 0.05) is 10.0 Å². The van der Waals surface area contributed by atoms with E-state index < -0.39 is 53.6 Å². The number of nitrogens with two attached hydrogens (primary N) is 1. The van der Waals surface area contributed by atoms with Crippen molar-refractivity contribution in [2.75, 3.05) is 5.73 Å². The molecule has 14 heteroatoms. The Morgan fingerprint density at radius 1 is 0.958 bits per heavy atom. The van der Waals surface area contributed by atoms with Gasteiger partial charge in [0.2, 0.25) is 0 Å². The predicted octanol–water partition coefficient (Wildman–Crippen LogP) is 5.37. The average molecular weight is 517 g/mol. The zero-order valence-corrected chi connectivity index (χ0v) is 14.7. The normalized spacial score (nSPS) is 17.5. The molecule has 1 rings (SSSR count). The SMILES string of the molecule is Nc1c(Br)cc(C(F)(C(F)(F)F)C(F)(F)Br)cc1S(=O)C(F)(F)F. The first-order valence-electron chi connectivity index (χ1n) is 5.35. The molecule has 2 nitrogen and oxygen atoms in total. The Kier molecular flexibility index (Phi) is 5.69. The third kappa shape index (κ3) is 3.69. The van der Waals surface area contributed by atoms with Crippen LogP contribution in [0.1, 0.15) is 5.56 Å². The Morgan fingerprint density at radius 3 is 1.75 bits per heavy atom. The van der Waals surface area contributed by atoms with Crippen LogP contribution in [-0.4, -0.2) is 20.7 Å². The second-order valence-electron chi connectivity index (χ2n) is 4.24. The highest BCUT2D eigenvalue weighted by Gasteiger charge is 2.71. The van der Waals surface area contributed by atoms with E-state index in [1.165, 1.54) is 15.9 Å². The lowest BCUT2D eigenvalue weighted by molar-refractivity contribution is -0.282. The van der Waals surface area contributed by atoms with Crippen molar-refractivity contribution in [3.05, 3.63) is 22.2 Å². The molecule has 0 radical (unpaired) electrons. The van der Waals surface area contributed by atoms with Gasteiger partial charge < -0.3 is 5.73 Å². The van der Waals surface area contributed by atoms with Gasteiger partial charge in [-0.1, -0.05) is 0 Å². The Balaban J connectivity index is 3.79. The summed E-state index contributed by atoms with van der Waals surface area (Å²) in [6.45, 7) is 0. The van der Waals surface area contributed by atoms with Crippen LogP contribution in [0.4, 0.5) is 45.2 Å². The Bertz CT molecular complexity index is 654. The summed E-state index contributed by atoms with van der Waals surface area (Å²) in [5.74, 6) is 0. The maximum atomic E-state index is 14.2. The van der Waals surface area contributed by atoms with Gasteiger partial charge in [-0.2, -0.15) is 35.1 Å². The molecule has 2 atom stereocenters. The summed E-state index contributed by atoms with van der Waals surface area (Å²) < 4.78 is 127. The molecular weight excluding hydrogens is 513 g/mol. The van der Waals surface area contributed by atoms with Gasteiger partial charge in [0.1, 0.15) is 0 Å². The van der Waals surface area contributed by atoms with E-state index in [2.05, 4.69) is 15.9 Å². The van der Waals surface area contributed by atoms with Crippen molar-refractivity contribution < 1.29 is 43.7 Å². The standard InChI is InChI=1S/C10H4Br2F9NOS/c11-4-1-3(7(13,8(12,14)15)9(16,17)18)2-5(6(4)22)24(23)10(19,20)21/h1-2H,22H2. The molecule has 0 aliphatic carbocycles. The monoisotopic (exact) mass is 515 g/mol. The summed E-state index contributed by atoms with van der Waals surface area (Å²) in [6.07, 6.45) is -6.22. The largest absolute Gasteiger partial charge is 0.475 e. The van der Waals surface area contributed by atoms with E-state index in [0.717, 1.165) is 0 Å². The van der Waals surface area contributed by atoms with Crippen molar-refractivity contribution in [1.29, 1.82) is 0 Å². The van der Waals surface area contributed by atoms with E-state index in [4.69, 9.17) is 5.73 Å². The van der Waals surface area contributed by atoms with Crippen LogP contribution in [0.25, 0.3) is 0 Å². The Hall–Kier alpha value is -0.500. The highest BCUT2D eigenvalue weighted by atomic mass is 79.9. The quantitative estimate of drug-likeness (QED) is 0.333. The number of hydrogen-bond donors (Lipinski definition) is 1. The van der Waals surface area contributed by atoms with Gasteiger partial charge >= 0.3 is 22.2 Å². The number of rotatable bonds is 3. The minimum atomic E-state index is -6.22. The van der Waals surface area contributed by atoms with E-state index in [9.17, 15) is 43.7 Å². The second-order valence-corrected chi connectivity index (χ2v) is 7.53. The van der Waals surface area contributed by atoms with Gasteiger partial charge in [-0.3, -0.25) is 0 Å². The predicted molar refractivity (Wildman–Crippen MR) is 73.7 cm³/mol. The third-order valence-corrected chi connectivity index (χ3v) is 5.04. The molecule has 0 aromatic heterocycles. The fourth-order valence-electron chi connectivity index (χ4n) is 1.56. The van der Waals surface area contributed by atoms with Crippen LogP contribution in [0.15, 0.2) is 21.5 Å². The summed E-state index contributed by atoms with van der Waals surface area (Å²) in [4.78, 5) is -6.72. The first-order valence-corrected chi connectivity index (χ1v) is 8.08. The molecule has 0 aliphatic heterocycles. The van der Waals surface area contributed by atoms with Crippen LogP contribution in [0, 0.1) is 0 Å². The molecule has 24 heavy (non-hydrogen) atoms. The number of benzene rings is 1. The third-order valence-electron chi connectivity index (χ3n) is 2.68. The molecule has 2 unspecified atom stereocenters. The highest BCUT2D eigenvalue weighted by Crippen LogP contribution is 2.56.